The highest BCUT2D eigenvalue weighted by molar-refractivity contribution is 5.25. The molecular formula is C16H17FO2. The number of para-hydroxylation sites is 1. The number of aryl methyl sites for hydroxylation is 1. The molecule has 0 aliphatic carbocycles. The van der Waals surface area contributed by atoms with Crippen LogP contribution in [0.1, 0.15) is 23.7 Å². The Bertz CT molecular complexity index is 505. The van der Waals surface area contributed by atoms with Gasteiger partial charge in [-0.05, 0) is 42.3 Å². The Labute approximate surface area is 112 Å². The van der Waals surface area contributed by atoms with E-state index in [9.17, 15) is 9.50 Å². The first kappa shape index (κ1) is 13.6. The van der Waals surface area contributed by atoms with E-state index in [0.29, 0.717) is 18.6 Å². The van der Waals surface area contributed by atoms with Crippen molar-refractivity contribution in [3.63, 3.8) is 0 Å². The third-order valence-electron chi connectivity index (χ3n) is 2.85. The summed E-state index contributed by atoms with van der Waals surface area (Å²) in [7, 11) is 0. The monoisotopic (exact) mass is 260 g/mol. The van der Waals surface area contributed by atoms with E-state index >= 15 is 0 Å². The van der Waals surface area contributed by atoms with Gasteiger partial charge in [-0.3, -0.25) is 0 Å². The van der Waals surface area contributed by atoms with Crippen molar-refractivity contribution >= 4 is 0 Å². The Kier molecular flexibility index (Phi) is 4.53. The third kappa shape index (κ3) is 4.07. The summed E-state index contributed by atoms with van der Waals surface area (Å²) in [4.78, 5) is 0. The molecular weight excluding hydrogens is 243 g/mol. The summed E-state index contributed by atoms with van der Waals surface area (Å²) in [6, 6.07) is 14.0. The minimum atomic E-state index is -0.710. The van der Waals surface area contributed by atoms with E-state index in [2.05, 4.69) is 0 Å². The Morgan fingerprint density at radius 2 is 1.89 bits per heavy atom. The zero-order valence-electron chi connectivity index (χ0n) is 10.8. The Balaban J connectivity index is 1.89. The maximum absolute atomic E-state index is 13.2. The zero-order chi connectivity index (χ0) is 13.7. The average Bonchev–Trinajstić information content (AvgIpc) is 2.38. The molecule has 100 valence electrons. The molecule has 2 rings (SSSR count). The maximum Gasteiger partial charge on any atom is 0.123 e. The molecule has 0 bridgehead atoms. The largest absolute Gasteiger partial charge is 0.493 e. The van der Waals surface area contributed by atoms with E-state index in [4.69, 9.17) is 4.74 Å². The zero-order valence-corrected chi connectivity index (χ0v) is 10.8. The lowest BCUT2D eigenvalue weighted by Crippen LogP contribution is -2.06. The van der Waals surface area contributed by atoms with Crippen molar-refractivity contribution in [1.82, 2.24) is 0 Å². The summed E-state index contributed by atoms with van der Waals surface area (Å²) in [5.41, 5.74) is 1.40. The molecule has 2 nitrogen and oxygen atoms in total. The van der Waals surface area contributed by atoms with Gasteiger partial charge in [-0.1, -0.05) is 24.3 Å². The molecule has 3 heteroatoms. The standard InChI is InChI=1S/C16H17FO2/c1-12-9-13(11-14(17)10-12)16(18)7-8-19-15-5-3-2-4-6-15/h2-6,9-11,16,18H,7-8H2,1H3. The van der Waals surface area contributed by atoms with Gasteiger partial charge in [-0.25, -0.2) is 4.39 Å². The van der Waals surface area contributed by atoms with Crippen LogP contribution >= 0.6 is 0 Å². The summed E-state index contributed by atoms with van der Waals surface area (Å²) in [6.45, 7) is 2.19. The quantitative estimate of drug-likeness (QED) is 0.889. The fraction of sp³-hybridized carbons (Fsp3) is 0.250. The van der Waals surface area contributed by atoms with E-state index < -0.39 is 6.10 Å². The first-order valence-corrected chi connectivity index (χ1v) is 6.28. The van der Waals surface area contributed by atoms with Crippen LogP contribution in [0.3, 0.4) is 0 Å². The number of hydrogen-bond donors (Lipinski definition) is 1. The second-order valence-electron chi connectivity index (χ2n) is 4.53. The molecule has 1 atom stereocenters. The van der Waals surface area contributed by atoms with Gasteiger partial charge in [0.1, 0.15) is 11.6 Å². The normalized spacial score (nSPS) is 12.2. The molecule has 0 aliphatic heterocycles. The SMILES string of the molecule is Cc1cc(F)cc(C(O)CCOc2ccccc2)c1. The highest BCUT2D eigenvalue weighted by Gasteiger charge is 2.09. The first-order valence-electron chi connectivity index (χ1n) is 6.28. The number of benzene rings is 2. The smallest absolute Gasteiger partial charge is 0.123 e. The summed E-state index contributed by atoms with van der Waals surface area (Å²) in [5, 5.41) is 10.0. The number of hydrogen-bond acceptors (Lipinski definition) is 2. The number of aliphatic hydroxyl groups is 1. The number of halogens is 1. The summed E-state index contributed by atoms with van der Waals surface area (Å²) in [5.74, 6) is 0.447. The number of rotatable bonds is 5. The Hall–Kier alpha value is -1.87. The Morgan fingerprint density at radius 1 is 1.16 bits per heavy atom. The second kappa shape index (κ2) is 6.34. The lowest BCUT2D eigenvalue weighted by molar-refractivity contribution is 0.140. The van der Waals surface area contributed by atoms with Crippen LogP contribution in [-0.4, -0.2) is 11.7 Å². The molecule has 19 heavy (non-hydrogen) atoms. The van der Waals surface area contributed by atoms with Crippen LogP contribution in [-0.2, 0) is 0 Å². The summed E-state index contributed by atoms with van der Waals surface area (Å²) >= 11 is 0. The molecule has 0 radical (unpaired) electrons. The van der Waals surface area contributed by atoms with Crippen molar-refractivity contribution in [2.45, 2.75) is 19.4 Å². The van der Waals surface area contributed by atoms with Crippen LogP contribution in [0.2, 0.25) is 0 Å². The van der Waals surface area contributed by atoms with Crippen LogP contribution < -0.4 is 4.74 Å². The van der Waals surface area contributed by atoms with Crippen LogP contribution in [0, 0.1) is 12.7 Å². The van der Waals surface area contributed by atoms with Gasteiger partial charge in [0, 0.05) is 6.42 Å². The predicted molar refractivity (Wildman–Crippen MR) is 72.7 cm³/mol. The van der Waals surface area contributed by atoms with Gasteiger partial charge in [0.05, 0.1) is 12.7 Å². The molecule has 0 aromatic heterocycles. The van der Waals surface area contributed by atoms with Gasteiger partial charge in [0.2, 0.25) is 0 Å². The Morgan fingerprint density at radius 3 is 2.58 bits per heavy atom. The van der Waals surface area contributed by atoms with E-state index in [1.807, 2.05) is 30.3 Å². The molecule has 0 spiro atoms. The van der Waals surface area contributed by atoms with Gasteiger partial charge < -0.3 is 9.84 Å². The highest BCUT2D eigenvalue weighted by atomic mass is 19.1. The third-order valence-corrected chi connectivity index (χ3v) is 2.85. The van der Waals surface area contributed by atoms with Gasteiger partial charge >= 0.3 is 0 Å². The summed E-state index contributed by atoms with van der Waals surface area (Å²) < 4.78 is 18.7. The maximum atomic E-state index is 13.2. The number of ether oxygens (including phenoxy) is 1. The molecule has 0 aliphatic rings. The number of aliphatic hydroxyl groups excluding tert-OH is 1. The lowest BCUT2D eigenvalue weighted by atomic mass is 10.0. The fourth-order valence-corrected chi connectivity index (χ4v) is 1.93. The molecule has 0 saturated heterocycles. The predicted octanol–water partition coefficient (Wildman–Crippen LogP) is 3.64. The van der Waals surface area contributed by atoms with Crippen molar-refractivity contribution in [2.24, 2.45) is 0 Å². The minimum Gasteiger partial charge on any atom is -0.493 e. The highest BCUT2D eigenvalue weighted by Crippen LogP contribution is 2.20. The van der Waals surface area contributed by atoms with E-state index in [1.165, 1.54) is 12.1 Å². The second-order valence-corrected chi connectivity index (χ2v) is 4.53. The van der Waals surface area contributed by atoms with Crippen molar-refractivity contribution in [1.29, 1.82) is 0 Å². The van der Waals surface area contributed by atoms with E-state index in [0.717, 1.165) is 11.3 Å². The molecule has 1 N–H and O–H groups in total. The van der Waals surface area contributed by atoms with E-state index in [1.54, 1.807) is 13.0 Å². The van der Waals surface area contributed by atoms with Crippen LogP contribution in [0.5, 0.6) is 5.75 Å². The van der Waals surface area contributed by atoms with Crippen molar-refractivity contribution in [3.05, 3.63) is 65.5 Å². The molecule has 0 amide bonds. The van der Waals surface area contributed by atoms with Gasteiger partial charge in [-0.15, -0.1) is 0 Å². The van der Waals surface area contributed by atoms with Crippen molar-refractivity contribution in [3.8, 4) is 5.75 Å². The van der Waals surface area contributed by atoms with E-state index in [-0.39, 0.29) is 5.82 Å². The van der Waals surface area contributed by atoms with Gasteiger partial charge in [0.15, 0.2) is 0 Å². The fourth-order valence-electron chi connectivity index (χ4n) is 1.93. The average molecular weight is 260 g/mol. The van der Waals surface area contributed by atoms with Crippen molar-refractivity contribution in [2.75, 3.05) is 6.61 Å². The first-order chi connectivity index (χ1) is 9.15. The molecule has 2 aromatic carbocycles. The lowest BCUT2D eigenvalue weighted by Gasteiger charge is -2.13. The molecule has 1 unspecified atom stereocenters. The molecule has 0 fully saturated rings. The van der Waals surface area contributed by atoms with Crippen LogP contribution in [0.4, 0.5) is 4.39 Å². The molecule has 0 heterocycles. The molecule has 0 saturated carbocycles. The van der Waals surface area contributed by atoms with Crippen LogP contribution in [0.25, 0.3) is 0 Å². The summed E-state index contributed by atoms with van der Waals surface area (Å²) in [6.07, 6.45) is -0.282. The molecule has 2 aromatic rings. The van der Waals surface area contributed by atoms with Crippen LogP contribution in [0.15, 0.2) is 48.5 Å². The van der Waals surface area contributed by atoms with Gasteiger partial charge in [-0.2, -0.15) is 0 Å². The minimum absolute atomic E-state index is 0.321. The van der Waals surface area contributed by atoms with Crippen molar-refractivity contribution < 1.29 is 14.2 Å². The van der Waals surface area contributed by atoms with Gasteiger partial charge in [0.25, 0.3) is 0 Å². The topological polar surface area (TPSA) is 29.5 Å².